The van der Waals surface area contributed by atoms with Gasteiger partial charge >= 0.3 is 0 Å². The van der Waals surface area contributed by atoms with Crippen LogP contribution in [0.5, 0.6) is 11.5 Å². The van der Waals surface area contributed by atoms with Gasteiger partial charge in [0.2, 0.25) is 0 Å². The van der Waals surface area contributed by atoms with E-state index < -0.39 is 0 Å². The van der Waals surface area contributed by atoms with E-state index in [1.165, 1.54) is 11.8 Å². The summed E-state index contributed by atoms with van der Waals surface area (Å²) in [6, 6.07) is 22.9. The molecule has 0 aliphatic rings. The SMILES string of the molecule is COc1ccc(OCc2nnc(SCc3c(Cl)cccc3Cl)n2-c2ccccc2)cc1. The molecule has 0 aliphatic carbocycles. The number of para-hydroxylation sites is 1. The number of hydrogen-bond donors (Lipinski definition) is 0. The molecule has 0 atom stereocenters. The van der Waals surface area contributed by atoms with Crippen molar-refractivity contribution in [1.82, 2.24) is 14.8 Å². The van der Waals surface area contributed by atoms with Crippen molar-refractivity contribution >= 4 is 35.0 Å². The van der Waals surface area contributed by atoms with Gasteiger partial charge in [-0.15, -0.1) is 10.2 Å². The molecule has 1 aromatic heterocycles. The smallest absolute Gasteiger partial charge is 0.196 e. The predicted octanol–water partition coefficient (Wildman–Crippen LogP) is 6.45. The van der Waals surface area contributed by atoms with Crippen molar-refractivity contribution in [3.63, 3.8) is 0 Å². The molecular weight excluding hydrogens is 453 g/mol. The molecule has 0 unspecified atom stereocenters. The minimum Gasteiger partial charge on any atom is -0.497 e. The highest BCUT2D eigenvalue weighted by Crippen LogP contribution is 2.32. The summed E-state index contributed by atoms with van der Waals surface area (Å²) in [7, 11) is 1.63. The Hall–Kier alpha value is -2.67. The van der Waals surface area contributed by atoms with Crippen LogP contribution < -0.4 is 9.47 Å². The molecule has 0 radical (unpaired) electrons. The molecule has 0 fully saturated rings. The van der Waals surface area contributed by atoms with Crippen LogP contribution in [0.25, 0.3) is 5.69 Å². The first-order valence-electron chi connectivity index (χ1n) is 9.48. The Balaban J connectivity index is 1.58. The summed E-state index contributed by atoms with van der Waals surface area (Å²) in [5.41, 5.74) is 1.82. The molecule has 1 heterocycles. The van der Waals surface area contributed by atoms with Crippen LogP contribution in [0.3, 0.4) is 0 Å². The van der Waals surface area contributed by atoms with Crippen LogP contribution >= 0.6 is 35.0 Å². The Morgan fingerprint density at radius 3 is 2.19 bits per heavy atom. The van der Waals surface area contributed by atoms with Gasteiger partial charge in [0.15, 0.2) is 11.0 Å². The lowest BCUT2D eigenvalue weighted by Gasteiger charge is -2.12. The number of methoxy groups -OCH3 is 1. The maximum atomic E-state index is 6.33. The summed E-state index contributed by atoms with van der Waals surface area (Å²) in [4.78, 5) is 0. The van der Waals surface area contributed by atoms with Gasteiger partial charge in [0.25, 0.3) is 0 Å². The maximum Gasteiger partial charge on any atom is 0.196 e. The van der Waals surface area contributed by atoms with E-state index in [9.17, 15) is 0 Å². The zero-order chi connectivity index (χ0) is 21.6. The Morgan fingerprint density at radius 2 is 1.52 bits per heavy atom. The summed E-state index contributed by atoms with van der Waals surface area (Å²) in [5, 5.41) is 10.8. The van der Waals surface area contributed by atoms with Crippen molar-refractivity contribution in [1.29, 1.82) is 0 Å². The molecule has 0 amide bonds. The Morgan fingerprint density at radius 1 is 0.839 bits per heavy atom. The summed E-state index contributed by atoms with van der Waals surface area (Å²) in [5.74, 6) is 2.76. The Kier molecular flexibility index (Phi) is 7.02. The largest absolute Gasteiger partial charge is 0.497 e. The van der Waals surface area contributed by atoms with Gasteiger partial charge in [-0.1, -0.05) is 59.2 Å². The molecule has 3 aromatic carbocycles. The lowest BCUT2D eigenvalue weighted by Crippen LogP contribution is -2.06. The van der Waals surface area contributed by atoms with Gasteiger partial charge < -0.3 is 9.47 Å². The number of halogens is 2. The molecule has 8 heteroatoms. The lowest BCUT2D eigenvalue weighted by molar-refractivity contribution is 0.292. The fourth-order valence-corrected chi connectivity index (χ4v) is 4.66. The Labute approximate surface area is 194 Å². The summed E-state index contributed by atoms with van der Waals surface area (Å²) in [6.45, 7) is 0.266. The fourth-order valence-electron chi connectivity index (χ4n) is 2.95. The molecule has 158 valence electrons. The van der Waals surface area contributed by atoms with E-state index in [2.05, 4.69) is 10.2 Å². The number of aromatic nitrogens is 3. The van der Waals surface area contributed by atoms with Crippen molar-refractivity contribution in [3.05, 3.63) is 94.2 Å². The van der Waals surface area contributed by atoms with E-state index >= 15 is 0 Å². The molecule has 0 saturated heterocycles. The van der Waals surface area contributed by atoms with Gasteiger partial charge in [0.1, 0.15) is 18.1 Å². The van der Waals surface area contributed by atoms with Crippen molar-refractivity contribution in [3.8, 4) is 17.2 Å². The topological polar surface area (TPSA) is 49.2 Å². The second-order valence-electron chi connectivity index (χ2n) is 6.52. The zero-order valence-corrected chi connectivity index (χ0v) is 19.0. The fraction of sp³-hybridized carbons (Fsp3) is 0.130. The molecule has 4 rings (SSSR count). The molecular formula is C23H19Cl2N3O2S. The van der Waals surface area contributed by atoms with Gasteiger partial charge in [0, 0.05) is 21.5 Å². The van der Waals surface area contributed by atoms with E-state index in [4.69, 9.17) is 32.7 Å². The quantitative estimate of drug-likeness (QED) is 0.276. The van der Waals surface area contributed by atoms with E-state index in [0.717, 1.165) is 27.9 Å². The highest BCUT2D eigenvalue weighted by molar-refractivity contribution is 7.98. The zero-order valence-electron chi connectivity index (χ0n) is 16.7. The van der Waals surface area contributed by atoms with Gasteiger partial charge in [-0.25, -0.2) is 0 Å². The molecule has 31 heavy (non-hydrogen) atoms. The van der Waals surface area contributed by atoms with Crippen LogP contribution in [-0.2, 0) is 12.4 Å². The number of rotatable bonds is 8. The standard InChI is InChI=1S/C23H19Cl2N3O2S/c1-29-17-10-12-18(13-11-17)30-14-22-26-27-23(28(22)16-6-3-2-4-7-16)31-15-19-20(24)8-5-9-21(19)25/h2-13H,14-15H2,1H3. The third-order valence-corrected chi connectivity index (χ3v) is 6.21. The van der Waals surface area contributed by atoms with Crippen molar-refractivity contribution in [2.75, 3.05) is 7.11 Å². The molecule has 0 bridgehead atoms. The number of ether oxygens (including phenoxy) is 2. The van der Waals surface area contributed by atoms with Gasteiger partial charge in [-0.05, 0) is 54.1 Å². The average Bonchev–Trinajstić information content (AvgIpc) is 3.21. The average molecular weight is 472 g/mol. The van der Waals surface area contributed by atoms with Crippen LogP contribution in [0.15, 0.2) is 78.0 Å². The van der Waals surface area contributed by atoms with Crippen LogP contribution in [0.2, 0.25) is 10.0 Å². The van der Waals surface area contributed by atoms with Gasteiger partial charge in [-0.3, -0.25) is 4.57 Å². The summed E-state index contributed by atoms with van der Waals surface area (Å²) < 4.78 is 13.1. The Bertz CT molecular complexity index is 1130. The monoisotopic (exact) mass is 471 g/mol. The first-order chi connectivity index (χ1) is 15.2. The number of hydrogen-bond acceptors (Lipinski definition) is 5. The third-order valence-electron chi connectivity index (χ3n) is 4.55. The van der Waals surface area contributed by atoms with E-state index in [-0.39, 0.29) is 6.61 Å². The normalized spacial score (nSPS) is 10.8. The second kappa shape index (κ2) is 10.1. The number of benzene rings is 3. The maximum absolute atomic E-state index is 6.33. The van der Waals surface area contributed by atoms with E-state index in [0.29, 0.717) is 21.6 Å². The highest BCUT2D eigenvalue weighted by Gasteiger charge is 2.16. The van der Waals surface area contributed by atoms with E-state index in [1.54, 1.807) is 7.11 Å². The predicted molar refractivity (Wildman–Crippen MR) is 125 cm³/mol. The lowest BCUT2D eigenvalue weighted by atomic mass is 10.2. The number of thioether (sulfide) groups is 1. The van der Waals surface area contributed by atoms with Crippen LogP contribution in [0, 0.1) is 0 Å². The second-order valence-corrected chi connectivity index (χ2v) is 8.28. The van der Waals surface area contributed by atoms with Crippen molar-refractivity contribution < 1.29 is 9.47 Å². The molecule has 0 N–H and O–H groups in total. The van der Waals surface area contributed by atoms with Gasteiger partial charge in [-0.2, -0.15) is 0 Å². The summed E-state index contributed by atoms with van der Waals surface area (Å²) >= 11 is 14.2. The molecule has 5 nitrogen and oxygen atoms in total. The van der Waals surface area contributed by atoms with Crippen LogP contribution in [0.4, 0.5) is 0 Å². The van der Waals surface area contributed by atoms with Gasteiger partial charge in [0.05, 0.1) is 7.11 Å². The minimum atomic E-state index is 0.266. The molecule has 0 aliphatic heterocycles. The minimum absolute atomic E-state index is 0.266. The number of nitrogens with zero attached hydrogens (tertiary/aromatic N) is 3. The van der Waals surface area contributed by atoms with Crippen LogP contribution in [0.1, 0.15) is 11.4 Å². The molecule has 0 spiro atoms. The first kappa shape index (κ1) is 21.6. The van der Waals surface area contributed by atoms with E-state index in [1.807, 2.05) is 77.4 Å². The summed E-state index contributed by atoms with van der Waals surface area (Å²) in [6.07, 6.45) is 0. The molecule has 4 aromatic rings. The highest BCUT2D eigenvalue weighted by atomic mass is 35.5. The van der Waals surface area contributed by atoms with Crippen LogP contribution in [-0.4, -0.2) is 21.9 Å². The third kappa shape index (κ3) is 5.15. The van der Waals surface area contributed by atoms with Crippen molar-refractivity contribution in [2.45, 2.75) is 17.5 Å². The first-order valence-corrected chi connectivity index (χ1v) is 11.2. The molecule has 0 saturated carbocycles. The van der Waals surface area contributed by atoms with Crippen molar-refractivity contribution in [2.24, 2.45) is 0 Å².